The van der Waals surface area contributed by atoms with Crippen LogP contribution >= 0.6 is 0 Å². The predicted molar refractivity (Wildman–Crippen MR) is 53.0 cm³/mol. The molecule has 0 N–H and O–H groups in total. The largest absolute Gasteiger partial charge is 0.0602 e. The highest BCUT2D eigenvalue weighted by atomic mass is 14.6. The van der Waals surface area contributed by atoms with Crippen LogP contribution in [0.25, 0.3) is 0 Å². The Labute approximate surface area is 76.7 Å². The quantitative estimate of drug-likeness (QED) is 0.555. The molecular weight excluding hydrogens is 144 g/mol. The highest BCUT2D eigenvalue weighted by molar-refractivity contribution is 5.00. The first-order valence-electron chi connectivity index (χ1n) is 5.58. The highest BCUT2D eigenvalue weighted by Gasteiger charge is 2.50. The molecule has 0 spiro atoms. The van der Waals surface area contributed by atoms with Crippen molar-refractivity contribution in [2.75, 3.05) is 0 Å². The number of rotatable bonds is 1. The Morgan fingerprint density at radius 3 is 1.92 bits per heavy atom. The van der Waals surface area contributed by atoms with E-state index in [9.17, 15) is 0 Å². The van der Waals surface area contributed by atoms with E-state index < -0.39 is 0 Å². The van der Waals surface area contributed by atoms with Crippen molar-refractivity contribution in [3.05, 3.63) is 0 Å². The van der Waals surface area contributed by atoms with E-state index in [1.54, 1.807) is 12.8 Å². The average Bonchev–Trinajstić information content (AvgIpc) is 2.61. The third kappa shape index (κ3) is 1.67. The summed E-state index contributed by atoms with van der Waals surface area (Å²) in [6.07, 6.45) is 7.60. The molecule has 2 fully saturated rings. The van der Waals surface area contributed by atoms with E-state index in [4.69, 9.17) is 0 Å². The van der Waals surface area contributed by atoms with Gasteiger partial charge in [0.25, 0.3) is 0 Å². The van der Waals surface area contributed by atoms with E-state index in [1.165, 1.54) is 19.3 Å². The Kier molecular flexibility index (Phi) is 1.97. The molecule has 0 heteroatoms. The van der Waals surface area contributed by atoms with Gasteiger partial charge in [-0.2, -0.15) is 0 Å². The molecule has 2 aliphatic rings. The van der Waals surface area contributed by atoms with Crippen molar-refractivity contribution in [1.82, 2.24) is 0 Å². The number of hydrogen-bond acceptors (Lipinski definition) is 0. The summed E-state index contributed by atoms with van der Waals surface area (Å²) in [6.45, 7) is 7.16. The van der Waals surface area contributed by atoms with Crippen LogP contribution in [0.3, 0.4) is 0 Å². The average molecular weight is 166 g/mol. The zero-order chi connectivity index (χ0) is 8.77. The molecule has 0 aromatic carbocycles. The van der Waals surface area contributed by atoms with Gasteiger partial charge in [-0.25, -0.2) is 0 Å². The fourth-order valence-electron chi connectivity index (χ4n) is 3.15. The second kappa shape index (κ2) is 2.75. The van der Waals surface area contributed by atoms with Gasteiger partial charge >= 0.3 is 0 Å². The molecule has 70 valence electrons. The molecule has 2 rings (SSSR count). The number of fused-ring (bicyclic) bond motifs is 1. The van der Waals surface area contributed by atoms with Crippen LogP contribution in [0.5, 0.6) is 0 Å². The molecule has 0 aromatic rings. The Hall–Kier alpha value is 0. The highest BCUT2D eigenvalue weighted by Crippen LogP contribution is 2.59. The maximum Gasteiger partial charge on any atom is -0.0347 e. The van der Waals surface area contributed by atoms with Gasteiger partial charge in [0.2, 0.25) is 0 Å². The first-order valence-corrected chi connectivity index (χ1v) is 5.58. The second-order valence-corrected chi connectivity index (χ2v) is 6.04. The van der Waals surface area contributed by atoms with Gasteiger partial charge in [-0.1, -0.05) is 33.6 Å². The standard InChI is InChI=1S/C12H22/c1-12(2,3)8-11-9-6-4-5-7-10(9)11/h9-11H,4-8H2,1-3H3. The lowest BCUT2D eigenvalue weighted by Crippen LogP contribution is -2.06. The van der Waals surface area contributed by atoms with Crippen LogP contribution in [0.2, 0.25) is 0 Å². The van der Waals surface area contributed by atoms with Crippen LogP contribution in [0.4, 0.5) is 0 Å². The summed E-state index contributed by atoms with van der Waals surface area (Å²) >= 11 is 0. The Morgan fingerprint density at radius 1 is 1.00 bits per heavy atom. The van der Waals surface area contributed by atoms with Crippen molar-refractivity contribution < 1.29 is 0 Å². The zero-order valence-corrected chi connectivity index (χ0v) is 8.77. The van der Waals surface area contributed by atoms with Crippen LogP contribution in [0.1, 0.15) is 52.9 Å². The molecule has 0 nitrogen and oxygen atoms in total. The van der Waals surface area contributed by atoms with E-state index >= 15 is 0 Å². The van der Waals surface area contributed by atoms with Crippen LogP contribution in [0.15, 0.2) is 0 Å². The molecule has 0 aromatic heterocycles. The minimum absolute atomic E-state index is 0.571. The topological polar surface area (TPSA) is 0 Å². The van der Waals surface area contributed by atoms with Gasteiger partial charge in [0, 0.05) is 0 Å². The fraction of sp³-hybridized carbons (Fsp3) is 1.00. The maximum absolute atomic E-state index is 2.39. The first kappa shape index (κ1) is 8.59. The van der Waals surface area contributed by atoms with Crippen LogP contribution < -0.4 is 0 Å². The molecule has 12 heavy (non-hydrogen) atoms. The minimum atomic E-state index is 0.571. The lowest BCUT2D eigenvalue weighted by atomic mass is 9.88. The zero-order valence-electron chi connectivity index (χ0n) is 8.77. The Balaban J connectivity index is 1.85. The Morgan fingerprint density at radius 2 is 1.50 bits per heavy atom. The van der Waals surface area contributed by atoms with Crippen LogP contribution in [0, 0.1) is 23.2 Å². The fourth-order valence-corrected chi connectivity index (χ4v) is 3.15. The van der Waals surface area contributed by atoms with Crippen molar-refractivity contribution in [3.63, 3.8) is 0 Å². The monoisotopic (exact) mass is 166 g/mol. The lowest BCUT2D eigenvalue weighted by Gasteiger charge is -2.17. The van der Waals surface area contributed by atoms with Gasteiger partial charge in [-0.05, 0) is 42.4 Å². The summed E-state index contributed by atoms with van der Waals surface area (Å²) in [5.74, 6) is 3.42. The minimum Gasteiger partial charge on any atom is -0.0602 e. The first-order chi connectivity index (χ1) is 5.58. The van der Waals surface area contributed by atoms with Gasteiger partial charge in [-0.15, -0.1) is 0 Å². The number of hydrogen-bond donors (Lipinski definition) is 0. The SMILES string of the molecule is CC(C)(C)CC1C2CCCCC21. The molecule has 0 amide bonds. The summed E-state index contributed by atoms with van der Waals surface area (Å²) in [6, 6.07) is 0. The maximum atomic E-state index is 2.39. The molecule has 0 radical (unpaired) electrons. The molecule has 2 atom stereocenters. The van der Waals surface area contributed by atoms with Crippen molar-refractivity contribution in [2.24, 2.45) is 23.2 Å². The summed E-state index contributed by atoms with van der Waals surface area (Å²) in [5, 5.41) is 0. The van der Waals surface area contributed by atoms with E-state index in [0.29, 0.717) is 5.41 Å². The van der Waals surface area contributed by atoms with Crippen molar-refractivity contribution in [2.45, 2.75) is 52.9 Å². The van der Waals surface area contributed by atoms with Gasteiger partial charge in [0.1, 0.15) is 0 Å². The summed E-state index contributed by atoms with van der Waals surface area (Å²) in [7, 11) is 0. The molecule has 0 heterocycles. The third-order valence-electron chi connectivity index (χ3n) is 3.68. The molecular formula is C12H22. The van der Waals surface area contributed by atoms with Gasteiger partial charge in [0.05, 0.1) is 0 Å². The van der Waals surface area contributed by atoms with Gasteiger partial charge in [0.15, 0.2) is 0 Å². The molecule has 0 saturated heterocycles. The predicted octanol–water partition coefficient (Wildman–Crippen LogP) is 3.86. The van der Waals surface area contributed by atoms with E-state index in [2.05, 4.69) is 20.8 Å². The summed E-state index contributed by atoms with van der Waals surface area (Å²) < 4.78 is 0. The van der Waals surface area contributed by atoms with E-state index in [0.717, 1.165) is 17.8 Å². The molecule has 0 aliphatic heterocycles. The van der Waals surface area contributed by atoms with Crippen LogP contribution in [-0.4, -0.2) is 0 Å². The summed E-state index contributed by atoms with van der Waals surface area (Å²) in [4.78, 5) is 0. The van der Waals surface area contributed by atoms with Crippen molar-refractivity contribution in [3.8, 4) is 0 Å². The van der Waals surface area contributed by atoms with E-state index in [1.807, 2.05) is 0 Å². The normalized spacial score (nSPS) is 40.8. The second-order valence-electron chi connectivity index (χ2n) is 6.04. The third-order valence-corrected chi connectivity index (χ3v) is 3.68. The Bertz CT molecular complexity index is 151. The van der Waals surface area contributed by atoms with Crippen molar-refractivity contribution in [1.29, 1.82) is 0 Å². The van der Waals surface area contributed by atoms with Crippen LogP contribution in [-0.2, 0) is 0 Å². The van der Waals surface area contributed by atoms with Crippen molar-refractivity contribution >= 4 is 0 Å². The molecule has 2 unspecified atom stereocenters. The summed E-state index contributed by atoms with van der Waals surface area (Å²) in [5.41, 5.74) is 0.571. The molecule has 0 bridgehead atoms. The smallest absolute Gasteiger partial charge is 0.0347 e. The lowest BCUT2D eigenvalue weighted by molar-refractivity contribution is 0.338. The molecule has 2 aliphatic carbocycles. The van der Waals surface area contributed by atoms with Gasteiger partial charge in [-0.3, -0.25) is 0 Å². The van der Waals surface area contributed by atoms with E-state index in [-0.39, 0.29) is 0 Å². The van der Waals surface area contributed by atoms with Gasteiger partial charge < -0.3 is 0 Å². The molecule has 2 saturated carbocycles.